The number of hydrogen-bond donors (Lipinski definition) is 2. The van der Waals surface area contributed by atoms with Crippen LogP contribution in [0.2, 0.25) is 0 Å². The van der Waals surface area contributed by atoms with Gasteiger partial charge in [-0.1, -0.05) is 5.21 Å². The fourth-order valence-corrected chi connectivity index (χ4v) is 2.29. The van der Waals surface area contributed by atoms with E-state index in [0.29, 0.717) is 11.9 Å². The molecular weight excluding hydrogens is 204 g/mol. The molecule has 0 radical (unpaired) electrons. The van der Waals surface area contributed by atoms with Crippen LogP contribution in [0, 0.1) is 0 Å². The maximum absolute atomic E-state index is 6.38. The largest absolute Gasteiger partial charge is 0.319 e. The van der Waals surface area contributed by atoms with Gasteiger partial charge in [0.05, 0.1) is 5.54 Å². The highest BCUT2D eigenvalue weighted by atomic mass is 15.5. The smallest absolute Gasteiger partial charge is 0.194 e. The van der Waals surface area contributed by atoms with Crippen LogP contribution in [0.5, 0.6) is 0 Å². The molecule has 3 N–H and O–H groups in total. The molecule has 1 saturated heterocycles. The first kappa shape index (κ1) is 11.5. The molecule has 6 nitrogen and oxygen atoms in total. The Balaban J connectivity index is 2.08. The van der Waals surface area contributed by atoms with E-state index in [1.807, 2.05) is 0 Å². The normalized spacial score (nSPS) is 28.2. The number of aromatic amines is 1. The summed E-state index contributed by atoms with van der Waals surface area (Å²) in [6, 6.07) is 0.576. The quantitative estimate of drug-likeness (QED) is 0.752. The van der Waals surface area contributed by atoms with Gasteiger partial charge in [0.1, 0.15) is 0 Å². The van der Waals surface area contributed by atoms with E-state index in [-0.39, 0.29) is 0 Å². The first-order chi connectivity index (χ1) is 7.62. The van der Waals surface area contributed by atoms with E-state index in [4.69, 9.17) is 5.73 Å². The molecule has 16 heavy (non-hydrogen) atoms. The molecule has 0 aromatic carbocycles. The van der Waals surface area contributed by atoms with Gasteiger partial charge in [-0.15, -0.1) is 10.2 Å². The molecule has 6 heteroatoms. The minimum atomic E-state index is -0.406. The van der Waals surface area contributed by atoms with Gasteiger partial charge in [-0.2, -0.15) is 5.21 Å². The zero-order chi connectivity index (χ0) is 11.6. The third-order valence-corrected chi connectivity index (χ3v) is 3.43. The Morgan fingerprint density at radius 1 is 1.38 bits per heavy atom. The Hall–Kier alpha value is -1.01. The number of H-pyrrole nitrogens is 1. The van der Waals surface area contributed by atoms with E-state index >= 15 is 0 Å². The molecular formula is C10H20N6. The summed E-state index contributed by atoms with van der Waals surface area (Å²) < 4.78 is 0. The lowest BCUT2D eigenvalue weighted by atomic mass is 9.91. The van der Waals surface area contributed by atoms with E-state index in [0.717, 1.165) is 32.4 Å². The molecule has 1 atom stereocenters. The van der Waals surface area contributed by atoms with Crippen LogP contribution in [0.3, 0.4) is 0 Å². The van der Waals surface area contributed by atoms with Gasteiger partial charge in [-0.3, -0.25) is 0 Å². The second kappa shape index (κ2) is 4.47. The van der Waals surface area contributed by atoms with Gasteiger partial charge < -0.3 is 10.6 Å². The van der Waals surface area contributed by atoms with Crippen molar-refractivity contribution in [1.82, 2.24) is 25.5 Å². The molecule has 1 aliphatic rings. The molecule has 1 aromatic rings. The van der Waals surface area contributed by atoms with Crippen LogP contribution >= 0.6 is 0 Å². The summed E-state index contributed by atoms with van der Waals surface area (Å²) in [5.74, 6) is 0.651. The number of nitrogens with one attached hydrogen (secondary N) is 1. The summed E-state index contributed by atoms with van der Waals surface area (Å²) in [6.07, 6.45) is 2.91. The van der Waals surface area contributed by atoms with Crippen molar-refractivity contribution in [2.75, 3.05) is 13.1 Å². The molecule has 0 amide bonds. The van der Waals surface area contributed by atoms with Crippen LogP contribution in [0.25, 0.3) is 0 Å². The molecule has 1 aromatic heterocycles. The van der Waals surface area contributed by atoms with E-state index in [1.54, 1.807) is 0 Å². The van der Waals surface area contributed by atoms with E-state index in [1.165, 1.54) is 0 Å². The average molecular weight is 224 g/mol. The lowest BCUT2D eigenvalue weighted by Crippen LogP contribution is -2.39. The van der Waals surface area contributed by atoms with Gasteiger partial charge in [-0.05, 0) is 39.7 Å². The number of rotatable bonds is 2. The maximum atomic E-state index is 6.38. The SMILES string of the molecule is CC(C)N1CCCC(N)(c2nn[nH]n2)CC1. The van der Waals surface area contributed by atoms with Crippen molar-refractivity contribution in [3.05, 3.63) is 5.82 Å². The summed E-state index contributed by atoms with van der Waals surface area (Å²) in [7, 11) is 0. The topological polar surface area (TPSA) is 83.7 Å². The minimum absolute atomic E-state index is 0.406. The number of aromatic nitrogens is 4. The van der Waals surface area contributed by atoms with Gasteiger partial charge >= 0.3 is 0 Å². The van der Waals surface area contributed by atoms with Crippen LogP contribution in [-0.2, 0) is 5.54 Å². The third kappa shape index (κ3) is 2.22. The molecule has 0 saturated carbocycles. The summed E-state index contributed by atoms with van der Waals surface area (Å²) in [5.41, 5.74) is 5.97. The molecule has 0 bridgehead atoms. The zero-order valence-electron chi connectivity index (χ0n) is 9.98. The fraction of sp³-hybridized carbons (Fsp3) is 0.900. The maximum Gasteiger partial charge on any atom is 0.194 e. The third-order valence-electron chi connectivity index (χ3n) is 3.43. The second-order valence-electron chi connectivity index (χ2n) is 4.87. The molecule has 0 spiro atoms. The number of hydrogen-bond acceptors (Lipinski definition) is 5. The monoisotopic (exact) mass is 224 g/mol. The first-order valence-electron chi connectivity index (χ1n) is 5.89. The van der Waals surface area contributed by atoms with Crippen molar-refractivity contribution in [3.8, 4) is 0 Å². The lowest BCUT2D eigenvalue weighted by molar-refractivity contribution is 0.224. The molecule has 0 aliphatic carbocycles. The lowest BCUT2D eigenvalue weighted by Gasteiger charge is -2.26. The molecule has 1 aliphatic heterocycles. The van der Waals surface area contributed by atoms with Crippen LogP contribution < -0.4 is 5.73 Å². The Kier molecular flexibility index (Phi) is 3.20. The highest BCUT2D eigenvalue weighted by molar-refractivity contribution is 5.02. The highest BCUT2D eigenvalue weighted by Crippen LogP contribution is 2.27. The number of likely N-dealkylation sites (tertiary alicyclic amines) is 1. The van der Waals surface area contributed by atoms with Crippen molar-refractivity contribution in [3.63, 3.8) is 0 Å². The van der Waals surface area contributed by atoms with E-state index < -0.39 is 5.54 Å². The second-order valence-corrected chi connectivity index (χ2v) is 4.87. The predicted octanol–water partition coefficient (Wildman–Crippen LogP) is 0.248. The number of nitrogens with zero attached hydrogens (tertiary/aromatic N) is 4. The summed E-state index contributed by atoms with van der Waals surface area (Å²) in [5, 5.41) is 14.1. The van der Waals surface area contributed by atoms with E-state index in [2.05, 4.69) is 39.4 Å². The molecule has 2 rings (SSSR count). The molecule has 1 fully saturated rings. The summed E-state index contributed by atoms with van der Waals surface area (Å²) in [6.45, 7) is 6.55. The van der Waals surface area contributed by atoms with Crippen molar-refractivity contribution >= 4 is 0 Å². The van der Waals surface area contributed by atoms with Crippen LogP contribution in [-0.4, -0.2) is 44.7 Å². The zero-order valence-corrected chi connectivity index (χ0v) is 9.98. The predicted molar refractivity (Wildman–Crippen MR) is 60.6 cm³/mol. The Bertz CT molecular complexity index is 322. The van der Waals surface area contributed by atoms with Gasteiger partial charge in [0.2, 0.25) is 0 Å². The number of tetrazole rings is 1. The van der Waals surface area contributed by atoms with Crippen molar-refractivity contribution < 1.29 is 0 Å². The minimum Gasteiger partial charge on any atom is -0.319 e. The molecule has 90 valence electrons. The Morgan fingerprint density at radius 3 is 2.81 bits per heavy atom. The van der Waals surface area contributed by atoms with Crippen LogP contribution in [0.4, 0.5) is 0 Å². The van der Waals surface area contributed by atoms with Gasteiger partial charge in [0.15, 0.2) is 5.82 Å². The summed E-state index contributed by atoms with van der Waals surface area (Å²) in [4.78, 5) is 2.45. The Morgan fingerprint density at radius 2 is 2.19 bits per heavy atom. The van der Waals surface area contributed by atoms with Gasteiger partial charge in [0, 0.05) is 12.6 Å². The fourth-order valence-electron chi connectivity index (χ4n) is 2.29. The van der Waals surface area contributed by atoms with Gasteiger partial charge in [-0.25, -0.2) is 0 Å². The Labute approximate surface area is 95.6 Å². The van der Waals surface area contributed by atoms with Crippen LogP contribution in [0.1, 0.15) is 38.9 Å². The van der Waals surface area contributed by atoms with E-state index in [9.17, 15) is 0 Å². The van der Waals surface area contributed by atoms with Crippen LogP contribution in [0.15, 0.2) is 0 Å². The van der Waals surface area contributed by atoms with Crippen molar-refractivity contribution in [2.24, 2.45) is 5.73 Å². The van der Waals surface area contributed by atoms with Crippen molar-refractivity contribution in [1.29, 1.82) is 0 Å². The molecule has 1 unspecified atom stereocenters. The standard InChI is InChI=1S/C10H20N6/c1-8(2)16-6-3-4-10(11,5-7-16)9-12-14-15-13-9/h8H,3-7,11H2,1-2H3,(H,12,13,14,15). The van der Waals surface area contributed by atoms with Crippen molar-refractivity contribution in [2.45, 2.75) is 44.7 Å². The average Bonchev–Trinajstić information content (AvgIpc) is 2.70. The first-order valence-corrected chi connectivity index (χ1v) is 5.89. The van der Waals surface area contributed by atoms with Gasteiger partial charge in [0.25, 0.3) is 0 Å². The summed E-state index contributed by atoms with van der Waals surface area (Å²) >= 11 is 0. The number of nitrogens with two attached hydrogens (primary N) is 1. The highest BCUT2D eigenvalue weighted by Gasteiger charge is 2.34. The molecule has 2 heterocycles.